The maximum atomic E-state index is 9.65. The van der Waals surface area contributed by atoms with Crippen molar-refractivity contribution in [3.05, 3.63) is 139 Å². The van der Waals surface area contributed by atoms with Crippen LogP contribution >= 0.6 is 0 Å². The number of hydrogen-bond donors (Lipinski definition) is 0. The van der Waals surface area contributed by atoms with Gasteiger partial charge in [0.1, 0.15) is 0 Å². The zero-order valence-electron chi connectivity index (χ0n) is 22.4. The van der Waals surface area contributed by atoms with Gasteiger partial charge in [0.2, 0.25) is 0 Å². The molecule has 8 aromatic rings. The zero-order valence-corrected chi connectivity index (χ0v) is 22.4. The fourth-order valence-electron chi connectivity index (χ4n) is 6.21. The molecular weight excluding hydrogens is 514 g/mol. The number of nitrogens with zero attached hydrogens (tertiary/aromatic N) is 5. The van der Waals surface area contributed by atoms with Gasteiger partial charge in [0.15, 0.2) is 0 Å². The number of para-hydroxylation sites is 2. The van der Waals surface area contributed by atoms with Crippen molar-refractivity contribution in [2.75, 3.05) is 0 Å². The fourth-order valence-corrected chi connectivity index (χ4v) is 6.21. The summed E-state index contributed by atoms with van der Waals surface area (Å²) in [5.74, 6) is 0. The summed E-state index contributed by atoms with van der Waals surface area (Å²) < 4.78 is 4.53. The largest absolute Gasteiger partial charge is 0.309 e. The molecular formula is C37H21N5. The minimum Gasteiger partial charge on any atom is -0.309 e. The van der Waals surface area contributed by atoms with Crippen LogP contribution in [0.4, 0.5) is 0 Å². The highest BCUT2D eigenvalue weighted by Gasteiger charge is 2.17. The number of rotatable bonds is 3. The lowest BCUT2D eigenvalue weighted by molar-refractivity contribution is 1.13. The Labute approximate surface area is 241 Å². The second kappa shape index (κ2) is 9.20. The number of aromatic nitrogens is 3. The molecule has 42 heavy (non-hydrogen) atoms. The molecule has 0 radical (unpaired) electrons. The van der Waals surface area contributed by atoms with Crippen LogP contribution in [0.5, 0.6) is 0 Å². The Morgan fingerprint density at radius 1 is 0.476 bits per heavy atom. The SMILES string of the molecule is N#Cc1cccc(-c2cc(-n3c4ccccc4c4cc(C#N)ccc43)cc(-n3c4ccccc4c4ccncc43)c2)c1. The van der Waals surface area contributed by atoms with E-state index in [4.69, 9.17) is 0 Å². The van der Waals surface area contributed by atoms with E-state index in [0.29, 0.717) is 11.1 Å². The second-order valence-corrected chi connectivity index (χ2v) is 10.4. The Hall–Kier alpha value is -6.17. The third kappa shape index (κ3) is 3.52. The van der Waals surface area contributed by atoms with Crippen LogP contribution in [-0.2, 0) is 0 Å². The molecule has 5 nitrogen and oxygen atoms in total. The van der Waals surface area contributed by atoms with Crippen LogP contribution < -0.4 is 0 Å². The number of benzene rings is 5. The minimum absolute atomic E-state index is 0.612. The van der Waals surface area contributed by atoms with Gasteiger partial charge < -0.3 is 9.13 Å². The van der Waals surface area contributed by atoms with E-state index < -0.39 is 0 Å². The van der Waals surface area contributed by atoms with Crippen molar-refractivity contribution in [3.8, 4) is 34.6 Å². The summed E-state index contributed by atoms with van der Waals surface area (Å²) in [4.78, 5) is 4.48. The molecule has 0 unspecified atom stereocenters. The van der Waals surface area contributed by atoms with E-state index in [-0.39, 0.29) is 0 Å². The summed E-state index contributed by atoms with van der Waals surface area (Å²) in [6.07, 6.45) is 3.75. The molecule has 0 aliphatic heterocycles. The fraction of sp³-hybridized carbons (Fsp3) is 0. The van der Waals surface area contributed by atoms with E-state index in [9.17, 15) is 10.5 Å². The molecule has 0 saturated carbocycles. The van der Waals surface area contributed by atoms with E-state index in [0.717, 1.165) is 66.1 Å². The zero-order chi connectivity index (χ0) is 28.2. The normalized spacial score (nSPS) is 11.3. The molecule has 0 aliphatic rings. The van der Waals surface area contributed by atoms with Gasteiger partial charge in [0.25, 0.3) is 0 Å². The standard InChI is InChI=1S/C37H21N5/c38-21-24-6-5-7-26(16-24)27-18-28(41-35-11-4-2-9-31(35)33-17-25(22-39)12-13-36(33)41)20-29(19-27)42-34-10-3-1-8-30(34)32-14-15-40-23-37(32)42/h1-20,23H. The summed E-state index contributed by atoms with van der Waals surface area (Å²) in [5, 5.41) is 23.7. The first-order valence-corrected chi connectivity index (χ1v) is 13.7. The third-order valence-electron chi connectivity index (χ3n) is 8.02. The first-order chi connectivity index (χ1) is 20.7. The molecule has 0 amide bonds. The number of pyridine rings is 1. The molecule has 3 aromatic heterocycles. The van der Waals surface area contributed by atoms with Crippen LogP contribution in [0.1, 0.15) is 11.1 Å². The number of fused-ring (bicyclic) bond motifs is 6. The highest BCUT2D eigenvalue weighted by molar-refractivity contribution is 6.10. The summed E-state index contributed by atoms with van der Waals surface area (Å²) in [6, 6.07) is 43.5. The Kier molecular flexibility index (Phi) is 5.19. The molecule has 194 valence electrons. The van der Waals surface area contributed by atoms with Crippen molar-refractivity contribution < 1.29 is 0 Å². The first-order valence-electron chi connectivity index (χ1n) is 13.7. The van der Waals surface area contributed by atoms with Gasteiger partial charge in [-0.15, -0.1) is 0 Å². The summed E-state index contributed by atoms with van der Waals surface area (Å²) >= 11 is 0. The van der Waals surface area contributed by atoms with Gasteiger partial charge in [0.05, 0.1) is 51.5 Å². The van der Waals surface area contributed by atoms with Crippen molar-refractivity contribution >= 4 is 43.6 Å². The van der Waals surface area contributed by atoms with Gasteiger partial charge in [-0.05, 0) is 77.9 Å². The van der Waals surface area contributed by atoms with E-state index in [1.165, 1.54) is 0 Å². The van der Waals surface area contributed by atoms with Crippen molar-refractivity contribution in [1.29, 1.82) is 10.5 Å². The first kappa shape index (κ1) is 23.7. The predicted octanol–water partition coefficient (Wildman–Crippen LogP) is 8.69. The van der Waals surface area contributed by atoms with Gasteiger partial charge >= 0.3 is 0 Å². The van der Waals surface area contributed by atoms with Gasteiger partial charge in [-0.25, -0.2) is 0 Å². The van der Waals surface area contributed by atoms with Crippen molar-refractivity contribution in [1.82, 2.24) is 14.1 Å². The van der Waals surface area contributed by atoms with Gasteiger partial charge in [-0.1, -0.05) is 48.5 Å². The lowest BCUT2D eigenvalue weighted by atomic mass is 10.0. The summed E-state index contributed by atoms with van der Waals surface area (Å²) in [7, 11) is 0. The van der Waals surface area contributed by atoms with Gasteiger partial charge in [0, 0.05) is 39.1 Å². The maximum absolute atomic E-state index is 9.65. The molecule has 5 heteroatoms. The van der Waals surface area contributed by atoms with E-state index in [1.54, 1.807) is 0 Å². The molecule has 0 atom stereocenters. The van der Waals surface area contributed by atoms with Crippen LogP contribution in [-0.4, -0.2) is 14.1 Å². The Bertz CT molecular complexity index is 2390. The number of hydrogen-bond acceptors (Lipinski definition) is 3. The van der Waals surface area contributed by atoms with E-state index in [1.807, 2.05) is 67.0 Å². The lowest BCUT2D eigenvalue weighted by Gasteiger charge is -2.16. The highest BCUT2D eigenvalue weighted by Crippen LogP contribution is 2.37. The van der Waals surface area contributed by atoms with Crippen LogP contribution in [0.3, 0.4) is 0 Å². The Morgan fingerprint density at radius 3 is 1.83 bits per heavy atom. The van der Waals surface area contributed by atoms with E-state index in [2.05, 4.69) is 86.9 Å². The quantitative estimate of drug-likeness (QED) is 0.227. The van der Waals surface area contributed by atoms with Crippen LogP contribution in [0.25, 0.3) is 66.1 Å². The molecule has 0 saturated heterocycles. The predicted molar refractivity (Wildman–Crippen MR) is 168 cm³/mol. The topological polar surface area (TPSA) is 70.3 Å². The van der Waals surface area contributed by atoms with Crippen molar-refractivity contribution in [2.24, 2.45) is 0 Å². The van der Waals surface area contributed by atoms with Crippen molar-refractivity contribution in [2.45, 2.75) is 0 Å². The minimum atomic E-state index is 0.612. The molecule has 3 heterocycles. The monoisotopic (exact) mass is 535 g/mol. The number of nitriles is 2. The second-order valence-electron chi connectivity index (χ2n) is 10.4. The summed E-state index contributed by atoms with van der Waals surface area (Å²) in [5.41, 5.74) is 9.36. The van der Waals surface area contributed by atoms with Crippen LogP contribution in [0.15, 0.2) is 128 Å². The van der Waals surface area contributed by atoms with Crippen molar-refractivity contribution in [3.63, 3.8) is 0 Å². The van der Waals surface area contributed by atoms with E-state index >= 15 is 0 Å². The van der Waals surface area contributed by atoms with Gasteiger partial charge in [-0.2, -0.15) is 10.5 Å². The van der Waals surface area contributed by atoms with Gasteiger partial charge in [-0.3, -0.25) is 4.98 Å². The third-order valence-corrected chi connectivity index (χ3v) is 8.02. The summed E-state index contributed by atoms with van der Waals surface area (Å²) in [6.45, 7) is 0. The Morgan fingerprint density at radius 2 is 1.10 bits per heavy atom. The molecule has 0 aliphatic carbocycles. The van der Waals surface area contributed by atoms with Crippen LogP contribution in [0, 0.1) is 22.7 Å². The average Bonchev–Trinajstić information content (AvgIpc) is 3.57. The van der Waals surface area contributed by atoms with Crippen LogP contribution in [0.2, 0.25) is 0 Å². The molecule has 8 rings (SSSR count). The smallest absolute Gasteiger partial charge is 0.0991 e. The lowest BCUT2D eigenvalue weighted by Crippen LogP contribution is -2.00. The molecule has 5 aromatic carbocycles. The molecule has 0 spiro atoms. The molecule has 0 fully saturated rings. The Balaban J connectivity index is 1.50. The highest BCUT2D eigenvalue weighted by atomic mass is 15.0. The molecule has 0 N–H and O–H groups in total. The maximum Gasteiger partial charge on any atom is 0.0991 e. The molecule has 0 bridgehead atoms. The average molecular weight is 536 g/mol.